The first-order chi connectivity index (χ1) is 7.93. The summed E-state index contributed by atoms with van der Waals surface area (Å²) >= 11 is 0. The monoisotopic (exact) mass is 236 g/mol. The van der Waals surface area contributed by atoms with Gasteiger partial charge in [0.2, 0.25) is 0 Å². The lowest BCUT2D eigenvalue weighted by atomic mass is 10.1. The molecule has 3 N–H and O–H groups in total. The van der Waals surface area contributed by atoms with E-state index >= 15 is 0 Å². The number of amides is 1. The lowest BCUT2D eigenvalue weighted by molar-refractivity contribution is 0.0601. The highest BCUT2D eigenvalue weighted by Gasteiger charge is 2.12. The van der Waals surface area contributed by atoms with Crippen LogP contribution in [0.3, 0.4) is 0 Å². The van der Waals surface area contributed by atoms with E-state index in [1.165, 1.54) is 25.3 Å². The van der Waals surface area contributed by atoms with E-state index in [1.54, 1.807) is 0 Å². The Morgan fingerprint density at radius 2 is 1.82 bits per heavy atom. The third-order valence-electron chi connectivity index (χ3n) is 2.06. The predicted octanol–water partition coefficient (Wildman–Crippen LogP) is 1.19. The first kappa shape index (κ1) is 13.0. The van der Waals surface area contributed by atoms with Gasteiger partial charge in [0, 0.05) is 17.3 Å². The Kier molecular flexibility index (Phi) is 4.09. The van der Waals surface area contributed by atoms with Crippen LogP contribution < -0.4 is 11.1 Å². The Balaban J connectivity index is 3.05. The highest BCUT2D eigenvalue weighted by Crippen LogP contribution is 2.13. The van der Waals surface area contributed by atoms with Crippen LogP contribution in [0.1, 0.15) is 34.6 Å². The van der Waals surface area contributed by atoms with Gasteiger partial charge in [0.05, 0.1) is 12.7 Å². The van der Waals surface area contributed by atoms with Crippen LogP contribution in [0.15, 0.2) is 18.2 Å². The maximum Gasteiger partial charge on any atom is 0.337 e. The number of nitrogens with one attached hydrogen (secondary N) is 1. The standard InChI is InChI=1S/C12H16N2O3/c1-7(2)14-11(15)8-4-9(12(16)17-3)6-10(13)5-8/h4-7H,13H2,1-3H3,(H,14,15). The van der Waals surface area contributed by atoms with Gasteiger partial charge in [-0.25, -0.2) is 4.79 Å². The number of hydrogen-bond acceptors (Lipinski definition) is 4. The van der Waals surface area contributed by atoms with Gasteiger partial charge in [-0.2, -0.15) is 0 Å². The molecule has 1 aromatic rings. The first-order valence-corrected chi connectivity index (χ1v) is 5.23. The van der Waals surface area contributed by atoms with Gasteiger partial charge < -0.3 is 15.8 Å². The fourth-order valence-corrected chi connectivity index (χ4v) is 1.36. The highest BCUT2D eigenvalue weighted by molar-refractivity contribution is 5.99. The Labute approximate surface area is 99.9 Å². The molecule has 0 aliphatic heterocycles. The van der Waals surface area contributed by atoms with E-state index < -0.39 is 5.97 Å². The van der Waals surface area contributed by atoms with E-state index in [9.17, 15) is 9.59 Å². The smallest absolute Gasteiger partial charge is 0.337 e. The van der Waals surface area contributed by atoms with Crippen LogP contribution in [0.25, 0.3) is 0 Å². The van der Waals surface area contributed by atoms with Crippen molar-refractivity contribution in [2.24, 2.45) is 0 Å². The molecule has 0 spiro atoms. The highest BCUT2D eigenvalue weighted by atomic mass is 16.5. The average Bonchev–Trinajstić information content (AvgIpc) is 2.26. The molecule has 1 amide bonds. The molecule has 1 rings (SSSR count). The van der Waals surface area contributed by atoms with Crippen molar-refractivity contribution in [3.05, 3.63) is 29.3 Å². The van der Waals surface area contributed by atoms with Gasteiger partial charge in [-0.1, -0.05) is 0 Å². The number of methoxy groups -OCH3 is 1. The van der Waals surface area contributed by atoms with E-state index in [4.69, 9.17) is 5.73 Å². The zero-order valence-electron chi connectivity index (χ0n) is 10.1. The molecule has 0 aromatic heterocycles. The van der Waals surface area contributed by atoms with Crippen LogP contribution in [0.2, 0.25) is 0 Å². The van der Waals surface area contributed by atoms with Crippen LogP contribution >= 0.6 is 0 Å². The van der Waals surface area contributed by atoms with Crippen molar-refractivity contribution in [3.8, 4) is 0 Å². The maximum atomic E-state index is 11.8. The second kappa shape index (κ2) is 5.34. The van der Waals surface area contributed by atoms with E-state index in [-0.39, 0.29) is 17.5 Å². The number of carbonyl (C=O) groups is 2. The Morgan fingerprint density at radius 3 is 2.35 bits per heavy atom. The van der Waals surface area contributed by atoms with E-state index in [0.29, 0.717) is 11.3 Å². The molecule has 17 heavy (non-hydrogen) atoms. The van der Waals surface area contributed by atoms with E-state index in [1.807, 2.05) is 13.8 Å². The second-order valence-electron chi connectivity index (χ2n) is 3.96. The van der Waals surface area contributed by atoms with Gasteiger partial charge in [0.15, 0.2) is 0 Å². The summed E-state index contributed by atoms with van der Waals surface area (Å²) < 4.78 is 4.58. The molecular formula is C12H16N2O3. The summed E-state index contributed by atoms with van der Waals surface area (Å²) in [5.41, 5.74) is 6.59. The number of esters is 1. The predicted molar refractivity (Wildman–Crippen MR) is 64.8 cm³/mol. The molecule has 1 aromatic carbocycles. The number of hydrogen-bond donors (Lipinski definition) is 2. The number of ether oxygens (including phenoxy) is 1. The zero-order valence-corrected chi connectivity index (χ0v) is 10.1. The van der Waals surface area contributed by atoms with Crippen LogP contribution in [-0.4, -0.2) is 25.0 Å². The number of benzene rings is 1. The minimum Gasteiger partial charge on any atom is -0.465 e. The molecular weight excluding hydrogens is 220 g/mol. The van der Waals surface area contributed by atoms with Gasteiger partial charge >= 0.3 is 5.97 Å². The quantitative estimate of drug-likeness (QED) is 0.610. The largest absolute Gasteiger partial charge is 0.465 e. The fourth-order valence-electron chi connectivity index (χ4n) is 1.36. The van der Waals surface area contributed by atoms with Gasteiger partial charge in [0.25, 0.3) is 5.91 Å². The van der Waals surface area contributed by atoms with Crippen molar-refractivity contribution in [2.45, 2.75) is 19.9 Å². The van der Waals surface area contributed by atoms with Crippen molar-refractivity contribution < 1.29 is 14.3 Å². The second-order valence-corrected chi connectivity index (χ2v) is 3.96. The number of carbonyl (C=O) groups excluding carboxylic acids is 2. The van der Waals surface area contributed by atoms with Crippen molar-refractivity contribution in [2.75, 3.05) is 12.8 Å². The molecule has 5 heteroatoms. The molecule has 0 bridgehead atoms. The van der Waals surface area contributed by atoms with Crippen LogP contribution in [0.5, 0.6) is 0 Å². The number of anilines is 1. The summed E-state index contributed by atoms with van der Waals surface area (Å²) in [5, 5.41) is 2.72. The SMILES string of the molecule is COC(=O)c1cc(N)cc(C(=O)NC(C)C)c1. The minimum atomic E-state index is -0.518. The van der Waals surface area contributed by atoms with Crippen molar-refractivity contribution in [3.63, 3.8) is 0 Å². The van der Waals surface area contributed by atoms with E-state index in [0.717, 1.165) is 0 Å². The molecule has 0 saturated heterocycles. The Morgan fingerprint density at radius 1 is 1.24 bits per heavy atom. The van der Waals surface area contributed by atoms with Gasteiger partial charge in [-0.05, 0) is 32.0 Å². The van der Waals surface area contributed by atoms with Crippen molar-refractivity contribution in [1.82, 2.24) is 5.32 Å². The van der Waals surface area contributed by atoms with Crippen molar-refractivity contribution >= 4 is 17.6 Å². The molecule has 0 radical (unpaired) electrons. The zero-order chi connectivity index (χ0) is 13.0. The molecule has 0 aliphatic rings. The number of nitrogen functional groups attached to an aromatic ring is 1. The topological polar surface area (TPSA) is 81.4 Å². The summed E-state index contributed by atoms with van der Waals surface area (Å²) in [7, 11) is 1.28. The normalized spacial score (nSPS) is 10.1. The van der Waals surface area contributed by atoms with Crippen molar-refractivity contribution in [1.29, 1.82) is 0 Å². The summed E-state index contributed by atoms with van der Waals surface area (Å²) in [6.07, 6.45) is 0. The molecule has 0 unspecified atom stereocenters. The Hall–Kier alpha value is -2.04. The molecule has 0 aliphatic carbocycles. The van der Waals surface area contributed by atoms with Gasteiger partial charge in [-0.15, -0.1) is 0 Å². The first-order valence-electron chi connectivity index (χ1n) is 5.23. The molecule has 0 fully saturated rings. The fraction of sp³-hybridized carbons (Fsp3) is 0.333. The third-order valence-corrected chi connectivity index (χ3v) is 2.06. The summed E-state index contributed by atoms with van der Waals surface area (Å²) in [5.74, 6) is -0.784. The molecule has 5 nitrogen and oxygen atoms in total. The third kappa shape index (κ3) is 3.48. The van der Waals surface area contributed by atoms with Gasteiger partial charge in [-0.3, -0.25) is 4.79 Å². The number of rotatable bonds is 3. The number of nitrogens with two attached hydrogens (primary N) is 1. The summed E-state index contributed by atoms with van der Waals surface area (Å²) in [6, 6.07) is 4.47. The van der Waals surface area contributed by atoms with Crippen LogP contribution in [0, 0.1) is 0 Å². The summed E-state index contributed by atoms with van der Waals surface area (Å²) in [6.45, 7) is 3.71. The molecule has 0 saturated carbocycles. The molecule has 0 heterocycles. The van der Waals surface area contributed by atoms with Crippen LogP contribution in [-0.2, 0) is 4.74 Å². The lowest BCUT2D eigenvalue weighted by Gasteiger charge is -2.10. The maximum absolute atomic E-state index is 11.8. The lowest BCUT2D eigenvalue weighted by Crippen LogP contribution is -2.30. The Bertz CT molecular complexity index is 441. The molecule has 0 atom stereocenters. The van der Waals surface area contributed by atoms with Crippen LogP contribution in [0.4, 0.5) is 5.69 Å². The molecule has 92 valence electrons. The average molecular weight is 236 g/mol. The van der Waals surface area contributed by atoms with E-state index in [2.05, 4.69) is 10.1 Å². The summed E-state index contributed by atoms with van der Waals surface area (Å²) in [4.78, 5) is 23.1. The van der Waals surface area contributed by atoms with Gasteiger partial charge in [0.1, 0.15) is 0 Å². The minimum absolute atomic E-state index is 0.0190.